The van der Waals surface area contributed by atoms with Crippen LogP contribution in [0, 0.1) is 11.7 Å². The Hall–Kier alpha value is -1.50. The van der Waals surface area contributed by atoms with E-state index >= 15 is 0 Å². The monoisotopic (exact) mass is 308 g/mol. The normalized spacial score (nSPS) is 27.8. The van der Waals surface area contributed by atoms with Crippen molar-refractivity contribution in [3.05, 3.63) is 35.6 Å². The third-order valence-electron chi connectivity index (χ3n) is 4.22. The molecule has 1 aliphatic heterocycles. The van der Waals surface area contributed by atoms with Gasteiger partial charge in [-0.2, -0.15) is 0 Å². The van der Waals surface area contributed by atoms with Crippen LogP contribution in [0.1, 0.15) is 18.4 Å². The van der Waals surface area contributed by atoms with Crippen molar-refractivity contribution >= 4 is 5.91 Å². The molecule has 3 rings (SSSR count). The SMILES string of the molecule is O=C(NCC1OCC(NCc2ccccc2F)C1O)C1CC1. The van der Waals surface area contributed by atoms with E-state index in [-0.39, 0.29) is 23.7 Å². The van der Waals surface area contributed by atoms with Crippen LogP contribution >= 0.6 is 0 Å². The van der Waals surface area contributed by atoms with E-state index < -0.39 is 12.2 Å². The Labute approximate surface area is 128 Å². The lowest BCUT2D eigenvalue weighted by Crippen LogP contribution is -2.44. The molecule has 5 nitrogen and oxygen atoms in total. The summed E-state index contributed by atoms with van der Waals surface area (Å²) in [7, 11) is 0. The summed E-state index contributed by atoms with van der Waals surface area (Å²) in [5.74, 6) is -0.0799. The molecule has 2 fully saturated rings. The Morgan fingerprint density at radius 2 is 2.14 bits per heavy atom. The molecule has 1 heterocycles. The number of rotatable bonds is 6. The van der Waals surface area contributed by atoms with Gasteiger partial charge in [0.2, 0.25) is 5.91 Å². The van der Waals surface area contributed by atoms with Gasteiger partial charge in [0.25, 0.3) is 0 Å². The van der Waals surface area contributed by atoms with Crippen LogP contribution in [0.15, 0.2) is 24.3 Å². The maximum absolute atomic E-state index is 13.5. The van der Waals surface area contributed by atoms with E-state index in [1.807, 2.05) is 0 Å². The van der Waals surface area contributed by atoms with Crippen molar-refractivity contribution < 1.29 is 19.0 Å². The van der Waals surface area contributed by atoms with Crippen molar-refractivity contribution in [3.63, 3.8) is 0 Å². The van der Waals surface area contributed by atoms with Gasteiger partial charge in [0.1, 0.15) is 11.9 Å². The molecule has 1 aliphatic carbocycles. The first kappa shape index (κ1) is 15.4. The minimum Gasteiger partial charge on any atom is -0.389 e. The average molecular weight is 308 g/mol. The highest BCUT2D eigenvalue weighted by molar-refractivity contribution is 5.80. The van der Waals surface area contributed by atoms with E-state index in [0.717, 1.165) is 12.8 Å². The van der Waals surface area contributed by atoms with Crippen molar-refractivity contribution in [1.82, 2.24) is 10.6 Å². The fourth-order valence-corrected chi connectivity index (χ4v) is 2.62. The smallest absolute Gasteiger partial charge is 0.223 e. The van der Waals surface area contributed by atoms with Crippen LogP contribution in [0.3, 0.4) is 0 Å². The van der Waals surface area contributed by atoms with Gasteiger partial charge >= 0.3 is 0 Å². The molecule has 1 aromatic rings. The number of carbonyl (C=O) groups excluding carboxylic acids is 1. The van der Waals surface area contributed by atoms with Gasteiger partial charge in [0.15, 0.2) is 0 Å². The minimum atomic E-state index is -0.716. The molecule has 3 unspecified atom stereocenters. The molecule has 3 atom stereocenters. The molecule has 22 heavy (non-hydrogen) atoms. The van der Waals surface area contributed by atoms with E-state index in [4.69, 9.17) is 4.74 Å². The van der Waals surface area contributed by atoms with Crippen molar-refractivity contribution in [2.24, 2.45) is 5.92 Å². The number of hydrogen-bond donors (Lipinski definition) is 3. The highest BCUT2D eigenvalue weighted by atomic mass is 19.1. The number of carbonyl (C=O) groups is 1. The number of halogens is 1. The van der Waals surface area contributed by atoms with E-state index in [9.17, 15) is 14.3 Å². The molecule has 1 saturated carbocycles. The van der Waals surface area contributed by atoms with Crippen LogP contribution in [-0.2, 0) is 16.1 Å². The highest BCUT2D eigenvalue weighted by Crippen LogP contribution is 2.28. The van der Waals surface area contributed by atoms with E-state index in [0.29, 0.717) is 25.3 Å². The lowest BCUT2D eigenvalue weighted by molar-refractivity contribution is -0.123. The minimum absolute atomic E-state index is 0.0403. The second-order valence-electron chi connectivity index (χ2n) is 5.96. The topological polar surface area (TPSA) is 70.6 Å². The molecule has 0 bridgehead atoms. The molecule has 1 amide bonds. The fraction of sp³-hybridized carbons (Fsp3) is 0.562. The lowest BCUT2D eigenvalue weighted by atomic mass is 10.1. The van der Waals surface area contributed by atoms with Gasteiger partial charge in [0.05, 0.1) is 18.8 Å². The number of amides is 1. The summed E-state index contributed by atoms with van der Waals surface area (Å²) in [4.78, 5) is 11.6. The standard InChI is InChI=1S/C16H21FN2O3/c17-12-4-2-1-3-11(12)7-18-13-9-22-14(15(13)20)8-19-16(21)10-5-6-10/h1-4,10,13-15,18,20H,5-9H2,(H,19,21). The summed E-state index contributed by atoms with van der Waals surface area (Å²) in [6.07, 6.45) is 0.770. The predicted molar refractivity (Wildman–Crippen MR) is 78.5 cm³/mol. The van der Waals surface area contributed by atoms with E-state index in [1.54, 1.807) is 18.2 Å². The number of benzene rings is 1. The molecular formula is C16H21FN2O3. The molecule has 120 valence electrons. The maximum atomic E-state index is 13.5. The Bertz CT molecular complexity index is 536. The van der Waals surface area contributed by atoms with Crippen LogP contribution in [0.5, 0.6) is 0 Å². The first-order chi connectivity index (χ1) is 10.6. The second kappa shape index (κ2) is 6.73. The highest BCUT2D eigenvalue weighted by Gasteiger charge is 2.37. The third kappa shape index (κ3) is 3.63. The zero-order chi connectivity index (χ0) is 15.5. The molecule has 2 aliphatic rings. The van der Waals surface area contributed by atoms with E-state index in [1.165, 1.54) is 6.07 Å². The second-order valence-corrected chi connectivity index (χ2v) is 5.96. The van der Waals surface area contributed by atoms with Gasteiger partial charge in [-0.25, -0.2) is 4.39 Å². The van der Waals surface area contributed by atoms with Crippen LogP contribution in [0.25, 0.3) is 0 Å². The number of ether oxygens (including phenoxy) is 1. The number of aliphatic hydroxyl groups is 1. The molecule has 6 heteroatoms. The number of nitrogens with one attached hydrogen (secondary N) is 2. The summed E-state index contributed by atoms with van der Waals surface area (Å²) in [6, 6.07) is 6.28. The summed E-state index contributed by atoms with van der Waals surface area (Å²) < 4.78 is 19.1. The largest absolute Gasteiger partial charge is 0.389 e. The van der Waals surface area contributed by atoms with Crippen molar-refractivity contribution in [3.8, 4) is 0 Å². The van der Waals surface area contributed by atoms with Crippen LogP contribution in [0.2, 0.25) is 0 Å². The Balaban J connectivity index is 1.45. The Kier molecular flexibility index (Phi) is 4.71. The predicted octanol–water partition coefficient (Wildman–Crippen LogP) is 0.570. The number of hydrogen-bond acceptors (Lipinski definition) is 4. The lowest BCUT2D eigenvalue weighted by Gasteiger charge is -2.19. The maximum Gasteiger partial charge on any atom is 0.223 e. The van der Waals surface area contributed by atoms with E-state index in [2.05, 4.69) is 10.6 Å². The van der Waals surface area contributed by atoms with Crippen molar-refractivity contribution in [2.75, 3.05) is 13.2 Å². The van der Waals surface area contributed by atoms with Crippen LogP contribution in [0.4, 0.5) is 4.39 Å². The van der Waals surface area contributed by atoms with Gasteiger partial charge in [-0.3, -0.25) is 4.79 Å². The fourth-order valence-electron chi connectivity index (χ4n) is 2.62. The summed E-state index contributed by atoms with van der Waals surface area (Å²) in [6.45, 7) is 0.993. The quantitative estimate of drug-likeness (QED) is 0.718. The van der Waals surface area contributed by atoms with Gasteiger partial charge in [0, 0.05) is 24.6 Å². The zero-order valence-electron chi connectivity index (χ0n) is 12.3. The first-order valence-corrected chi connectivity index (χ1v) is 7.69. The summed E-state index contributed by atoms with van der Waals surface area (Å²) >= 11 is 0. The Morgan fingerprint density at radius 1 is 1.36 bits per heavy atom. The molecule has 0 aromatic heterocycles. The van der Waals surface area contributed by atoms with Gasteiger partial charge in [-0.05, 0) is 18.9 Å². The Morgan fingerprint density at radius 3 is 2.86 bits per heavy atom. The van der Waals surface area contributed by atoms with Gasteiger partial charge in [-0.15, -0.1) is 0 Å². The number of aliphatic hydroxyl groups excluding tert-OH is 1. The molecular weight excluding hydrogens is 287 g/mol. The molecule has 0 radical (unpaired) electrons. The van der Waals surface area contributed by atoms with Gasteiger partial charge in [-0.1, -0.05) is 18.2 Å². The third-order valence-corrected chi connectivity index (χ3v) is 4.22. The molecule has 0 spiro atoms. The molecule has 1 aromatic carbocycles. The van der Waals surface area contributed by atoms with Crippen molar-refractivity contribution in [2.45, 2.75) is 37.6 Å². The zero-order valence-corrected chi connectivity index (χ0v) is 12.3. The summed E-state index contributed by atoms with van der Waals surface area (Å²) in [5, 5.41) is 16.2. The van der Waals surface area contributed by atoms with Crippen LogP contribution < -0.4 is 10.6 Å². The first-order valence-electron chi connectivity index (χ1n) is 7.69. The van der Waals surface area contributed by atoms with Crippen molar-refractivity contribution in [1.29, 1.82) is 0 Å². The average Bonchev–Trinajstić information content (AvgIpc) is 3.30. The molecule has 3 N–H and O–H groups in total. The van der Waals surface area contributed by atoms with Gasteiger partial charge < -0.3 is 20.5 Å². The molecule has 1 saturated heterocycles. The van der Waals surface area contributed by atoms with Crippen LogP contribution in [-0.4, -0.2) is 42.4 Å². The summed E-state index contributed by atoms with van der Waals surface area (Å²) in [5.41, 5.74) is 0.556.